The molecule has 1 amide bonds. The zero-order valence-electron chi connectivity index (χ0n) is 10.8. The molecule has 2 fully saturated rings. The fourth-order valence-corrected chi connectivity index (χ4v) is 4.11. The fourth-order valence-electron chi connectivity index (χ4n) is 3.23. The normalized spacial score (nSPS) is 27.9. The molecular formula is C14H20N2OS. The van der Waals surface area contributed by atoms with Gasteiger partial charge in [-0.25, -0.2) is 0 Å². The third kappa shape index (κ3) is 2.08. The maximum absolute atomic E-state index is 12.6. The predicted octanol–water partition coefficient (Wildman–Crippen LogP) is 2.41. The van der Waals surface area contributed by atoms with Gasteiger partial charge in [0.15, 0.2) is 0 Å². The Kier molecular flexibility index (Phi) is 3.39. The Labute approximate surface area is 112 Å². The van der Waals surface area contributed by atoms with Crippen molar-refractivity contribution in [3.63, 3.8) is 0 Å². The second-order valence-corrected chi connectivity index (χ2v) is 6.26. The Morgan fingerprint density at radius 2 is 2.33 bits per heavy atom. The smallest absolute Gasteiger partial charge is 0.264 e. The number of carbonyl (C=O) groups is 1. The van der Waals surface area contributed by atoms with E-state index in [0.29, 0.717) is 12.1 Å². The van der Waals surface area contributed by atoms with Gasteiger partial charge in [-0.2, -0.15) is 0 Å². The summed E-state index contributed by atoms with van der Waals surface area (Å²) < 4.78 is 0. The molecule has 2 aliphatic rings. The van der Waals surface area contributed by atoms with E-state index in [1.54, 1.807) is 11.3 Å². The van der Waals surface area contributed by atoms with Gasteiger partial charge in [-0.3, -0.25) is 4.79 Å². The lowest BCUT2D eigenvalue weighted by molar-refractivity contribution is 0.0715. The minimum atomic E-state index is 0.249. The molecule has 0 aromatic carbocycles. The van der Waals surface area contributed by atoms with E-state index in [-0.39, 0.29) is 5.91 Å². The minimum absolute atomic E-state index is 0.249. The molecule has 1 aromatic heterocycles. The molecule has 0 bridgehead atoms. The van der Waals surface area contributed by atoms with Gasteiger partial charge in [-0.15, -0.1) is 11.3 Å². The number of hydrogen-bond acceptors (Lipinski definition) is 3. The van der Waals surface area contributed by atoms with Gasteiger partial charge in [0.05, 0.1) is 4.88 Å². The highest BCUT2D eigenvalue weighted by Crippen LogP contribution is 2.28. The van der Waals surface area contributed by atoms with Crippen LogP contribution in [-0.4, -0.2) is 36.0 Å². The quantitative estimate of drug-likeness (QED) is 0.889. The number of rotatable bonds is 2. The van der Waals surface area contributed by atoms with Crippen LogP contribution in [0.1, 0.15) is 40.9 Å². The van der Waals surface area contributed by atoms with Crippen LogP contribution in [0.15, 0.2) is 11.4 Å². The first-order valence-corrected chi connectivity index (χ1v) is 7.74. The largest absolute Gasteiger partial charge is 0.333 e. The van der Waals surface area contributed by atoms with Crippen LogP contribution < -0.4 is 5.32 Å². The van der Waals surface area contributed by atoms with Crippen LogP contribution in [0.25, 0.3) is 0 Å². The number of nitrogens with one attached hydrogen (secondary N) is 1. The van der Waals surface area contributed by atoms with Crippen LogP contribution >= 0.6 is 11.3 Å². The summed E-state index contributed by atoms with van der Waals surface area (Å²) in [4.78, 5) is 15.6. The van der Waals surface area contributed by atoms with E-state index in [4.69, 9.17) is 0 Å². The Balaban J connectivity index is 1.78. The number of carbonyl (C=O) groups excluding carboxylic acids is 1. The van der Waals surface area contributed by atoms with Crippen molar-refractivity contribution >= 4 is 17.2 Å². The van der Waals surface area contributed by atoms with Crippen molar-refractivity contribution in [2.45, 2.75) is 44.7 Å². The number of hydrogen-bond donors (Lipinski definition) is 1. The standard InChI is InChI=1S/C14H20N2OS/c1-10-6-9-18-13(10)14(17)16-8-3-5-12(16)11-4-2-7-15-11/h6,9,11-12,15H,2-5,7-8H2,1H3. The molecule has 4 heteroatoms. The van der Waals surface area contributed by atoms with Crippen LogP contribution in [0.2, 0.25) is 0 Å². The molecule has 3 rings (SSSR count). The number of amides is 1. The van der Waals surface area contributed by atoms with Crippen molar-refractivity contribution in [1.29, 1.82) is 0 Å². The van der Waals surface area contributed by atoms with Crippen molar-refractivity contribution < 1.29 is 4.79 Å². The Hall–Kier alpha value is -0.870. The van der Waals surface area contributed by atoms with Gasteiger partial charge in [-0.1, -0.05) is 0 Å². The second-order valence-electron chi connectivity index (χ2n) is 5.34. The van der Waals surface area contributed by atoms with Crippen molar-refractivity contribution in [1.82, 2.24) is 10.2 Å². The maximum Gasteiger partial charge on any atom is 0.264 e. The lowest BCUT2D eigenvalue weighted by atomic mass is 10.0. The van der Waals surface area contributed by atoms with Gasteiger partial charge in [0.25, 0.3) is 5.91 Å². The number of thiophene rings is 1. The van der Waals surface area contributed by atoms with Crippen LogP contribution in [0, 0.1) is 6.92 Å². The second kappa shape index (κ2) is 5.02. The third-order valence-electron chi connectivity index (χ3n) is 4.18. The molecule has 0 aliphatic carbocycles. The van der Waals surface area contributed by atoms with Crippen LogP contribution in [0.5, 0.6) is 0 Å². The van der Waals surface area contributed by atoms with Gasteiger partial charge < -0.3 is 10.2 Å². The molecule has 1 aromatic rings. The summed E-state index contributed by atoms with van der Waals surface area (Å²) in [6, 6.07) is 2.98. The molecule has 2 aliphatic heterocycles. The third-order valence-corrected chi connectivity index (χ3v) is 5.18. The van der Waals surface area contributed by atoms with E-state index in [1.807, 2.05) is 18.4 Å². The van der Waals surface area contributed by atoms with Crippen LogP contribution in [-0.2, 0) is 0 Å². The van der Waals surface area contributed by atoms with Crippen LogP contribution in [0.4, 0.5) is 0 Å². The topological polar surface area (TPSA) is 32.3 Å². The van der Waals surface area contributed by atoms with Crippen molar-refractivity contribution in [3.05, 3.63) is 21.9 Å². The predicted molar refractivity (Wildman–Crippen MR) is 74.1 cm³/mol. The summed E-state index contributed by atoms with van der Waals surface area (Å²) in [7, 11) is 0. The summed E-state index contributed by atoms with van der Waals surface area (Å²) in [5.74, 6) is 0.249. The maximum atomic E-state index is 12.6. The van der Waals surface area contributed by atoms with Gasteiger partial charge in [0.1, 0.15) is 0 Å². The number of aryl methyl sites for hydroxylation is 1. The molecular weight excluding hydrogens is 244 g/mol. The Morgan fingerprint density at radius 3 is 3.00 bits per heavy atom. The monoisotopic (exact) mass is 264 g/mol. The molecule has 3 nitrogen and oxygen atoms in total. The average molecular weight is 264 g/mol. The number of likely N-dealkylation sites (tertiary alicyclic amines) is 1. The number of nitrogens with zero attached hydrogens (tertiary/aromatic N) is 1. The van der Waals surface area contributed by atoms with E-state index in [0.717, 1.165) is 36.4 Å². The molecule has 2 unspecified atom stereocenters. The highest BCUT2D eigenvalue weighted by atomic mass is 32.1. The van der Waals surface area contributed by atoms with E-state index >= 15 is 0 Å². The molecule has 0 saturated carbocycles. The zero-order chi connectivity index (χ0) is 12.5. The lowest BCUT2D eigenvalue weighted by Gasteiger charge is -2.29. The summed E-state index contributed by atoms with van der Waals surface area (Å²) in [5, 5.41) is 5.57. The van der Waals surface area contributed by atoms with Crippen molar-refractivity contribution in [2.24, 2.45) is 0 Å². The molecule has 2 atom stereocenters. The highest BCUT2D eigenvalue weighted by molar-refractivity contribution is 7.12. The summed E-state index contributed by atoms with van der Waals surface area (Å²) >= 11 is 1.58. The molecule has 98 valence electrons. The van der Waals surface area contributed by atoms with Gasteiger partial charge in [-0.05, 0) is 56.2 Å². The molecule has 0 spiro atoms. The molecule has 1 N–H and O–H groups in total. The SMILES string of the molecule is Cc1ccsc1C(=O)N1CCCC1C1CCCN1. The molecule has 0 radical (unpaired) electrons. The van der Waals surface area contributed by atoms with E-state index in [1.165, 1.54) is 12.8 Å². The summed E-state index contributed by atoms with van der Waals surface area (Å²) in [6.07, 6.45) is 4.78. The minimum Gasteiger partial charge on any atom is -0.333 e. The highest BCUT2D eigenvalue weighted by Gasteiger charge is 2.36. The molecule has 3 heterocycles. The van der Waals surface area contributed by atoms with Crippen molar-refractivity contribution in [2.75, 3.05) is 13.1 Å². The van der Waals surface area contributed by atoms with Gasteiger partial charge in [0, 0.05) is 18.6 Å². The first-order chi connectivity index (χ1) is 8.77. The average Bonchev–Trinajstić information content (AvgIpc) is 3.09. The molecule has 2 saturated heterocycles. The van der Waals surface area contributed by atoms with E-state index in [2.05, 4.69) is 10.2 Å². The zero-order valence-corrected chi connectivity index (χ0v) is 11.6. The van der Waals surface area contributed by atoms with Gasteiger partial charge in [0.2, 0.25) is 0 Å². The summed E-state index contributed by atoms with van der Waals surface area (Å²) in [5.41, 5.74) is 1.12. The Morgan fingerprint density at radius 1 is 1.44 bits per heavy atom. The van der Waals surface area contributed by atoms with Gasteiger partial charge >= 0.3 is 0 Å². The summed E-state index contributed by atoms with van der Waals surface area (Å²) in [6.45, 7) is 4.07. The molecule has 18 heavy (non-hydrogen) atoms. The first-order valence-electron chi connectivity index (χ1n) is 6.86. The fraction of sp³-hybridized carbons (Fsp3) is 0.643. The lowest BCUT2D eigenvalue weighted by Crippen LogP contribution is -2.46. The van der Waals surface area contributed by atoms with E-state index < -0.39 is 0 Å². The Bertz CT molecular complexity index is 437. The van der Waals surface area contributed by atoms with Crippen LogP contribution in [0.3, 0.4) is 0 Å². The first kappa shape index (κ1) is 12.2. The van der Waals surface area contributed by atoms with E-state index in [9.17, 15) is 4.79 Å². The van der Waals surface area contributed by atoms with Crippen molar-refractivity contribution in [3.8, 4) is 0 Å².